The summed E-state index contributed by atoms with van der Waals surface area (Å²) in [5, 5.41) is 9.34. The molecular formula is C10H20O. The average Bonchev–Trinajstić information content (AvgIpc) is 1.87. The molecule has 0 aliphatic rings. The zero-order valence-electron chi connectivity index (χ0n) is 8.09. The molecule has 0 fully saturated rings. The fraction of sp³-hybridized carbons (Fsp3) is 0.800. The van der Waals surface area contributed by atoms with Gasteiger partial charge in [-0.25, -0.2) is 0 Å². The second kappa shape index (κ2) is 5.36. The van der Waals surface area contributed by atoms with Crippen molar-refractivity contribution in [2.24, 2.45) is 5.92 Å². The van der Waals surface area contributed by atoms with Crippen LogP contribution in [0.5, 0.6) is 0 Å². The van der Waals surface area contributed by atoms with Crippen LogP contribution in [0.2, 0.25) is 0 Å². The van der Waals surface area contributed by atoms with E-state index in [2.05, 4.69) is 26.8 Å². The molecule has 0 radical (unpaired) electrons. The summed E-state index contributed by atoms with van der Waals surface area (Å²) >= 11 is 0. The summed E-state index contributed by atoms with van der Waals surface area (Å²) in [6, 6.07) is 0. The molecular weight excluding hydrogens is 136 g/mol. The first-order valence-electron chi connectivity index (χ1n) is 4.47. The quantitative estimate of drug-likeness (QED) is 0.620. The molecule has 0 rings (SSSR count). The van der Waals surface area contributed by atoms with Gasteiger partial charge in [0.05, 0.1) is 6.10 Å². The van der Waals surface area contributed by atoms with Crippen LogP contribution < -0.4 is 0 Å². The van der Waals surface area contributed by atoms with Crippen LogP contribution in [0.3, 0.4) is 0 Å². The van der Waals surface area contributed by atoms with Gasteiger partial charge in [0, 0.05) is 0 Å². The van der Waals surface area contributed by atoms with E-state index in [4.69, 9.17) is 0 Å². The van der Waals surface area contributed by atoms with Crippen LogP contribution in [-0.4, -0.2) is 11.2 Å². The molecule has 66 valence electrons. The zero-order chi connectivity index (χ0) is 8.85. The fourth-order valence-corrected chi connectivity index (χ4v) is 1.20. The molecule has 0 aromatic carbocycles. The van der Waals surface area contributed by atoms with Gasteiger partial charge in [-0.3, -0.25) is 0 Å². The van der Waals surface area contributed by atoms with Gasteiger partial charge in [0.15, 0.2) is 0 Å². The highest BCUT2D eigenvalue weighted by atomic mass is 16.3. The highest BCUT2D eigenvalue weighted by molar-refractivity contribution is 5.09. The van der Waals surface area contributed by atoms with Crippen molar-refractivity contribution in [3.05, 3.63) is 11.6 Å². The normalized spacial score (nSPS) is 15.6. The van der Waals surface area contributed by atoms with Gasteiger partial charge in [-0.2, -0.15) is 0 Å². The molecule has 1 atom stereocenters. The Balaban J connectivity index is 4.09. The van der Waals surface area contributed by atoms with Crippen molar-refractivity contribution in [3.8, 4) is 0 Å². The van der Waals surface area contributed by atoms with E-state index in [0.29, 0.717) is 5.92 Å². The second-order valence-electron chi connectivity index (χ2n) is 3.32. The van der Waals surface area contributed by atoms with Gasteiger partial charge < -0.3 is 5.11 Å². The smallest absolute Gasteiger partial charge is 0.0724 e. The first kappa shape index (κ1) is 10.7. The van der Waals surface area contributed by atoms with Crippen molar-refractivity contribution in [2.75, 3.05) is 0 Å². The summed E-state index contributed by atoms with van der Waals surface area (Å²) in [6.07, 6.45) is 4.12. The van der Waals surface area contributed by atoms with Crippen molar-refractivity contribution in [3.63, 3.8) is 0 Å². The molecule has 1 heteroatoms. The zero-order valence-corrected chi connectivity index (χ0v) is 8.09. The largest absolute Gasteiger partial charge is 0.389 e. The van der Waals surface area contributed by atoms with Gasteiger partial charge in [-0.05, 0) is 24.8 Å². The summed E-state index contributed by atoms with van der Waals surface area (Å²) < 4.78 is 0. The van der Waals surface area contributed by atoms with E-state index in [1.165, 1.54) is 5.57 Å². The van der Waals surface area contributed by atoms with E-state index < -0.39 is 0 Å². The lowest BCUT2D eigenvalue weighted by molar-refractivity contribution is 0.219. The van der Waals surface area contributed by atoms with Gasteiger partial charge >= 0.3 is 0 Å². The molecule has 0 aromatic rings. The van der Waals surface area contributed by atoms with E-state index in [9.17, 15) is 5.11 Å². The molecule has 0 heterocycles. The Morgan fingerprint density at radius 1 is 1.36 bits per heavy atom. The van der Waals surface area contributed by atoms with E-state index in [-0.39, 0.29) is 6.10 Å². The summed E-state index contributed by atoms with van der Waals surface area (Å²) in [5.41, 5.74) is 1.17. The number of unbranched alkanes of at least 4 members (excludes halogenated alkanes) is 1. The van der Waals surface area contributed by atoms with Crippen molar-refractivity contribution in [2.45, 2.75) is 46.6 Å². The molecule has 0 aromatic heterocycles. The van der Waals surface area contributed by atoms with Crippen molar-refractivity contribution < 1.29 is 5.11 Å². The number of rotatable bonds is 4. The predicted molar refractivity (Wildman–Crippen MR) is 49.5 cm³/mol. The Hall–Kier alpha value is -0.300. The first-order chi connectivity index (χ1) is 5.09. The third-order valence-corrected chi connectivity index (χ3v) is 1.82. The van der Waals surface area contributed by atoms with Crippen LogP contribution in [0.25, 0.3) is 0 Å². The molecule has 0 saturated heterocycles. The summed E-state index contributed by atoms with van der Waals surface area (Å²) in [5.74, 6) is 0.474. The standard InChI is InChI=1S/C10H20O/c1-5-6-7-10(8(2)3)9(4)11/h7-9,11H,5-6H2,1-4H3. The molecule has 0 bridgehead atoms. The molecule has 0 aliphatic heterocycles. The van der Waals surface area contributed by atoms with E-state index >= 15 is 0 Å². The molecule has 0 aliphatic carbocycles. The lowest BCUT2D eigenvalue weighted by Gasteiger charge is -2.14. The molecule has 0 spiro atoms. The van der Waals surface area contributed by atoms with Crippen molar-refractivity contribution >= 4 is 0 Å². The summed E-state index contributed by atoms with van der Waals surface area (Å²) in [4.78, 5) is 0. The highest BCUT2D eigenvalue weighted by Gasteiger charge is 2.07. The molecule has 0 amide bonds. The highest BCUT2D eigenvalue weighted by Crippen LogP contribution is 2.15. The molecule has 1 nitrogen and oxygen atoms in total. The maximum Gasteiger partial charge on any atom is 0.0724 e. The van der Waals surface area contributed by atoms with Gasteiger partial charge in [0.1, 0.15) is 0 Å². The van der Waals surface area contributed by atoms with Crippen LogP contribution >= 0.6 is 0 Å². The maximum absolute atomic E-state index is 9.34. The average molecular weight is 156 g/mol. The SMILES string of the molecule is CCCC=C(C(C)C)C(C)O. The number of hydrogen-bond acceptors (Lipinski definition) is 1. The predicted octanol–water partition coefficient (Wildman–Crippen LogP) is 2.75. The number of aliphatic hydroxyl groups is 1. The van der Waals surface area contributed by atoms with Crippen LogP contribution in [0.15, 0.2) is 11.6 Å². The molecule has 11 heavy (non-hydrogen) atoms. The van der Waals surface area contributed by atoms with E-state index in [1.807, 2.05) is 6.92 Å². The molecule has 1 N–H and O–H groups in total. The van der Waals surface area contributed by atoms with Crippen LogP contribution in [0, 0.1) is 5.92 Å². The van der Waals surface area contributed by atoms with Crippen LogP contribution in [-0.2, 0) is 0 Å². The fourth-order valence-electron chi connectivity index (χ4n) is 1.20. The Morgan fingerprint density at radius 2 is 1.91 bits per heavy atom. The monoisotopic (exact) mass is 156 g/mol. The molecule has 1 unspecified atom stereocenters. The first-order valence-corrected chi connectivity index (χ1v) is 4.47. The van der Waals surface area contributed by atoms with Crippen molar-refractivity contribution in [1.29, 1.82) is 0 Å². The molecule has 0 saturated carbocycles. The van der Waals surface area contributed by atoms with Gasteiger partial charge in [0.25, 0.3) is 0 Å². The van der Waals surface area contributed by atoms with Gasteiger partial charge in [-0.1, -0.05) is 33.3 Å². The summed E-state index contributed by atoms with van der Waals surface area (Å²) in [7, 11) is 0. The van der Waals surface area contributed by atoms with Crippen LogP contribution in [0.1, 0.15) is 40.5 Å². The van der Waals surface area contributed by atoms with Crippen molar-refractivity contribution in [1.82, 2.24) is 0 Å². The van der Waals surface area contributed by atoms with Gasteiger partial charge in [0.2, 0.25) is 0 Å². The third kappa shape index (κ3) is 4.20. The lowest BCUT2D eigenvalue weighted by atomic mass is 9.97. The number of aliphatic hydroxyl groups excluding tert-OH is 1. The second-order valence-corrected chi connectivity index (χ2v) is 3.32. The van der Waals surface area contributed by atoms with Crippen LogP contribution in [0.4, 0.5) is 0 Å². The lowest BCUT2D eigenvalue weighted by Crippen LogP contribution is -2.10. The summed E-state index contributed by atoms with van der Waals surface area (Å²) in [6.45, 7) is 8.22. The minimum Gasteiger partial charge on any atom is -0.389 e. The Kier molecular flexibility index (Phi) is 5.22. The maximum atomic E-state index is 9.34. The van der Waals surface area contributed by atoms with E-state index in [1.54, 1.807) is 0 Å². The van der Waals surface area contributed by atoms with Gasteiger partial charge in [-0.15, -0.1) is 0 Å². The number of allylic oxidation sites excluding steroid dienone is 1. The Bertz CT molecular complexity index is 113. The minimum absolute atomic E-state index is 0.276. The minimum atomic E-state index is -0.276. The van der Waals surface area contributed by atoms with E-state index in [0.717, 1.165) is 12.8 Å². The third-order valence-electron chi connectivity index (χ3n) is 1.82. The number of hydrogen-bond donors (Lipinski definition) is 1. The topological polar surface area (TPSA) is 20.2 Å². The Morgan fingerprint density at radius 3 is 2.18 bits per heavy atom. The Labute approximate surface area is 70.1 Å².